The Morgan fingerprint density at radius 1 is 1.06 bits per heavy atom. The van der Waals surface area contributed by atoms with E-state index in [1.807, 2.05) is 27.7 Å². The third-order valence-electron chi connectivity index (χ3n) is 9.80. The predicted molar refractivity (Wildman–Crippen MR) is 136 cm³/mol. The molecule has 2 fully saturated rings. The summed E-state index contributed by atoms with van der Waals surface area (Å²) in [6.07, 6.45) is 5.14. The second kappa shape index (κ2) is 8.50. The summed E-state index contributed by atoms with van der Waals surface area (Å²) >= 11 is 0. The maximum absolute atomic E-state index is 14.2. The van der Waals surface area contributed by atoms with Crippen LogP contribution < -0.4 is 0 Å². The molecule has 0 aromatic heterocycles. The number of carbonyl (C=O) groups is 2. The number of hydrogen-bond donors (Lipinski definition) is 3. The van der Waals surface area contributed by atoms with E-state index in [1.54, 1.807) is 0 Å². The van der Waals surface area contributed by atoms with Crippen molar-refractivity contribution in [1.29, 1.82) is 0 Å². The summed E-state index contributed by atoms with van der Waals surface area (Å²) in [4.78, 5) is 27.8. The number of aliphatic hydroxyl groups is 3. The van der Waals surface area contributed by atoms with Crippen molar-refractivity contribution in [3.05, 3.63) is 44.8 Å². The fraction of sp³-hybridized carbons (Fsp3) is 0.667. The minimum absolute atomic E-state index is 0.140. The van der Waals surface area contributed by atoms with E-state index in [0.717, 1.165) is 62.0 Å². The number of allylic oxidation sites excluding steroid dienone is 6. The molecule has 3 N–H and O–H groups in total. The number of aliphatic hydroxyl groups excluding tert-OH is 2. The molecule has 1 saturated heterocycles. The molecular formula is C30H40O6. The Hall–Kier alpha value is -2.02. The molecule has 6 heteroatoms. The van der Waals surface area contributed by atoms with Crippen molar-refractivity contribution >= 4 is 11.6 Å². The smallest absolute Gasteiger partial charge is 0.201 e. The van der Waals surface area contributed by atoms with Gasteiger partial charge in [0.1, 0.15) is 5.76 Å². The van der Waals surface area contributed by atoms with Crippen LogP contribution in [-0.2, 0) is 14.3 Å². The molecule has 4 unspecified atom stereocenters. The molecular weight excluding hydrogens is 456 g/mol. The van der Waals surface area contributed by atoms with Gasteiger partial charge in [0.05, 0.1) is 6.10 Å². The highest BCUT2D eigenvalue weighted by Gasteiger charge is 2.67. The van der Waals surface area contributed by atoms with Crippen molar-refractivity contribution in [2.24, 2.45) is 16.7 Å². The first kappa shape index (κ1) is 25.6. The number of fused-ring (bicyclic) bond motifs is 3. The summed E-state index contributed by atoms with van der Waals surface area (Å²) in [5, 5.41) is 33.9. The number of rotatable bonds is 3. The van der Waals surface area contributed by atoms with Crippen molar-refractivity contribution in [1.82, 2.24) is 0 Å². The molecule has 5 rings (SSSR count). The van der Waals surface area contributed by atoms with Crippen LogP contribution in [0.1, 0.15) is 86.0 Å². The van der Waals surface area contributed by atoms with Gasteiger partial charge >= 0.3 is 0 Å². The van der Waals surface area contributed by atoms with Gasteiger partial charge in [0.15, 0.2) is 11.4 Å². The zero-order valence-corrected chi connectivity index (χ0v) is 22.3. The number of ether oxygens (including phenoxy) is 1. The van der Waals surface area contributed by atoms with Crippen LogP contribution in [0.3, 0.4) is 0 Å². The van der Waals surface area contributed by atoms with Gasteiger partial charge in [-0.2, -0.15) is 0 Å². The summed E-state index contributed by atoms with van der Waals surface area (Å²) in [6, 6.07) is 0. The fourth-order valence-electron chi connectivity index (χ4n) is 8.18. The van der Waals surface area contributed by atoms with Gasteiger partial charge < -0.3 is 20.1 Å². The topological polar surface area (TPSA) is 104 Å². The summed E-state index contributed by atoms with van der Waals surface area (Å²) in [5.74, 6) is -0.869. The minimum atomic E-state index is -2.22. The zero-order chi connectivity index (χ0) is 26.2. The first-order valence-corrected chi connectivity index (χ1v) is 13.5. The average molecular weight is 497 g/mol. The van der Waals surface area contributed by atoms with Gasteiger partial charge in [-0.3, -0.25) is 9.59 Å². The molecule has 0 radical (unpaired) electrons. The van der Waals surface area contributed by atoms with Gasteiger partial charge in [-0.15, -0.1) is 0 Å². The lowest BCUT2D eigenvalue weighted by molar-refractivity contribution is -0.158. The van der Waals surface area contributed by atoms with Crippen molar-refractivity contribution in [3.8, 4) is 0 Å². The van der Waals surface area contributed by atoms with E-state index in [2.05, 4.69) is 0 Å². The minimum Gasteiger partial charge on any atom is -0.508 e. The van der Waals surface area contributed by atoms with Gasteiger partial charge in [-0.25, -0.2) is 0 Å². The van der Waals surface area contributed by atoms with Crippen LogP contribution in [0, 0.1) is 16.7 Å². The molecule has 4 aliphatic carbocycles. The van der Waals surface area contributed by atoms with Gasteiger partial charge in [0.2, 0.25) is 5.78 Å². The quantitative estimate of drug-likeness (QED) is 0.518. The number of carbonyl (C=O) groups excluding carboxylic acids is 2. The van der Waals surface area contributed by atoms with E-state index in [4.69, 9.17) is 4.74 Å². The number of Topliss-reactive ketones (excluding diaryl/α,β-unsaturated/α-hetero) is 2. The Morgan fingerprint density at radius 2 is 1.72 bits per heavy atom. The summed E-state index contributed by atoms with van der Waals surface area (Å²) in [6.45, 7) is 10.7. The van der Waals surface area contributed by atoms with Crippen molar-refractivity contribution in [3.63, 3.8) is 0 Å². The normalized spacial score (nSPS) is 36.8. The largest absolute Gasteiger partial charge is 0.508 e. The van der Waals surface area contributed by atoms with E-state index >= 15 is 0 Å². The molecule has 4 atom stereocenters. The van der Waals surface area contributed by atoms with Crippen molar-refractivity contribution in [2.75, 3.05) is 13.2 Å². The molecule has 36 heavy (non-hydrogen) atoms. The Bertz CT molecular complexity index is 1160. The first-order valence-electron chi connectivity index (χ1n) is 13.5. The molecule has 0 bridgehead atoms. The highest BCUT2D eigenvalue weighted by Crippen LogP contribution is 2.64. The summed E-state index contributed by atoms with van der Waals surface area (Å²) in [5.41, 5.74) is 1.34. The lowest BCUT2D eigenvalue weighted by atomic mass is 9.47. The van der Waals surface area contributed by atoms with Crippen LogP contribution in [0.15, 0.2) is 44.8 Å². The molecule has 0 aromatic rings. The Morgan fingerprint density at radius 3 is 2.36 bits per heavy atom. The van der Waals surface area contributed by atoms with E-state index in [9.17, 15) is 24.9 Å². The maximum atomic E-state index is 14.2. The third kappa shape index (κ3) is 3.48. The molecule has 5 aliphatic rings. The van der Waals surface area contributed by atoms with Crippen molar-refractivity contribution in [2.45, 2.75) is 97.7 Å². The molecule has 1 heterocycles. The lowest BCUT2D eigenvalue weighted by Crippen LogP contribution is -2.63. The highest BCUT2D eigenvalue weighted by molar-refractivity contribution is 6.16. The average Bonchev–Trinajstić information content (AvgIpc) is 2.78. The highest BCUT2D eigenvalue weighted by atomic mass is 16.5. The van der Waals surface area contributed by atoms with Gasteiger partial charge in [0, 0.05) is 40.8 Å². The standard InChI is InChI=1S/C30H40O6/c1-16-6-7-20(12-19-8-10-36-11-9-19)21-14-28(4)15-29(5)13-17(2)22(18(3)31)26(33)30(29,35)27(34)24(28)25(32)23(16)21/h18-19,31,34-35H,6-15H2,1-5H3. The molecule has 6 nitrogen and oxygen atoms in total. The molecule has 0 aromatic carbocycles. The second-order valence-electron chi connectivity index (χ2n) is 12.6. The van der Waals surface area contributed by atoms with Crippen LogP contribution >= 0.6 is 0 Å². The SMILES string of the molecule is CC1=C2C(=O)C3=C(O)C4(O)C(=O)C(C(C)O)=C(C)CC4(C)CC3(C)CC2=C(CC2CCOCC2)CC1. The van der Waals surface area contributed by atoms with Gasteiger partial charge in [-0.1, -0.05) is 30.6 Å². The third-order valence-corrected chi connectivity index (χ3v) is 9.80. The van der Waals surface area contributed by atoms with Gasteiger partial charge in [0.25, 0.3) is 0 Å². The van der Waals surface area contributed by atoms with Crippen molar-refractivity contribution < 1.29 is 29.6 Å². The molecule has 1 saturated carbocycles. The van der Waals surface area contributed by atoms with Crippen LogP contribution in [0.5, 0.6) is 0 Å². The first-order chi connectivity index (χ1) is 16.8. The molecule has 1 aliphatic heterocycles. The van der Waals surface area contributed by atoms with E-state index < -0.39 is 34.1 Å². The van der Waals surface area contributed by atoms with E-state index in [-0.39, 0.29) is 16.9 Å². The predicted octanol–water partition coefficient (Wildman–Crippen LogP) is 4.81. The van der Waals surface area contributed by atoms with E-state index in [1.165, 1.54) is 12.5 Å². The Balaban J connectivity index is 1.64. The molecule has 196 valence electrons. The Kier molecular flexibility index (Phi) is 6.05. The van der Waals surface area contributed by atoms with Crippen LogP contribution in [0.25, 0.3) is 0 Å². The maximum Gasteiger partial charge on any atom is 0.201 e. The molecule has 0 amide bonds. The van der Waals surface area contributed by atoms with Crippen LogP contribution in [0.2, 0.25) is 0 Å². The Labute approximate surface area is 213 Å². The number of ketones is 2. The lowest BCUT2D eigenvalue weighted by Gasteiger charge is -2.57. The van der Waals surface area contributed by atoms with Crippen LogP contribution in [-0.4, -0.2) is 51.8 Å². The van der Waals surface area contributed by atoms with E-state index in [0.29, 0.717) is 30.8 Å². The second-order valence-corrected chi connectivity index (χ2v) is 12.6. The van der Waals surface area contributed by atoms with Crippen LogP contribution in [0.4, 0.5) is 0 Å². The zero-order valence-electron chi connectivity index (χ0n) is 22.3. The fourth-order valence-corrected chi connectivity index (χ4v) is 8.18. The summed E-state index contributed by atoms with van der Waals surface area (Å²) < 4.78 is 5.55. The number of hydrogen-bond acceptors (Lipinski definition) is 6. The molecule has 0 spiro atoms. The van der Waals surface area contributed by atoms with Gasteiger partial charge in [-0.05, 0) is 83.6 Å². The monoisotopic (exact) mass is 496 g/mol. The summed E-state index contributed by atoms with van der Waals surface area (Å²) in [7, 11) is 0.